The minimum atomic E-state index is -3.54. The van der Waals surface area contributed by atoms with Gasteiger partial charge in [0.05, 0.1) is 18.1 Å². The fraction of sp³-hybridized carbons (Fsp3) is 0.381. The number of morpholine rings is 1. The van der Waals surface area contributed by atoms with Crippen LogP contribution in [0.25, 0.3) is 0 Å². The first kappa shape index (κ1) is 19.1. The van der Waals surface area contributed by atoms with E-state index >= 15 is 0 Å². The van der Waals surface area contributed by atoms with Crippen molar-refractivity contribution in [3.8, 4) is 0 Å². The van der Waals surface area contributed by atoms with Crippen molar-refractivity contribution in [2.75, 3.05) is 37.7 Å². The number of aryl methyl sites for hydroxylation is 2. The molecule has 2 aromatic carbocycles. The van der Waals surface area contributed by atoms with Crippen LogP contribution in [0, 0.1) is 6.92 Å². The lowest BCUT2D eigenvalue weighted by Gasteiger charge is -2.31. The molecule has 148 valence electrons. The molecule has 0 saturated carbocycles. The highest BCUT2D eigenvalue weighted by atomic mass is 32.2. The Hall–Kier alpha value is -2.22. The van der Waals surface area contributed by atoms with Gasteiger partial charge in [-0.25, -0.2) is 8.42 Å². The maximum Gasteiger partial charge on any atom is 0.258 e. The van der Waals surface area contributed by atoms with Crippen LogP contribution in [0.2, 0.25) is 0 Å². The largest absolute Gasteiger partial charge is 0.379 e. The maximum atomic E-state index is 13.0. The van der Waals surface area contributed by atoms with E-state index in [1.807, 2.05) is 31.2 Å². The first-order valence-electron chi connectivity index (χ1n) is 9.56. The molecule has 2 aliphatic rings. The summed E-state index contributed by atoms with van der Waals surface area (Å²) in [5.41, 5.74) is 3.45. The SMILES string of the molecule is Cc1ccc(C(=O)N2CCCc3cc(S(=O)(=O)N4CCOCC4)ccc32)cc1. The Labute approximate surface area is 165 Å². The number of hydrogen-bond acceptors (Lipinski definition) is 4. The van der Waals surface area contributed by atoms with Crippen molar-refractivity contribution in [3.05, 3.63) is 59.2 Å². The second-order valence-electron chi connectivity index (χ2n) is 7.23. The van der Waals surface area contributed by atoms with E-state index in [9.17, 15) is 13.2 Å². The van der Waals surface area contributed by atoms with E-state index in [2.05, 4.69) is 0 Å². The molecule has 1 saturated heterocycles. The maximum absolute atomic E-state index is 13.0. The van der Waals surface area contributed by atoms with E-state index in [-0.39, 0.29) is 10.8 Å². The molecule has 28 heavy (non-hydrogen) atoms. The van der Waals surface area contributed by atoms with Gasteiger partial charge < -0.3 is 9.64 Å². The molecule has 0 aromatic heterocycles. The Morgan fingerprint density at radius 3 is 2.43 bits per heavy atom. The summed E-state index contributed by atoms with van der Waals surface area (Å²) in [7, 11) is -3.54. The summed E-state index contributed by atoms with van der Waals surface area (Å²) in [6.45, 7) is 4.21. The molecule has 0 unspecified atom stereocenters. The zero-order valence-corrected chi connectivity index (χ0v) is 16.7. The lowest BCUT2D eigenvalue weighted by atomic mass is 10.0. The van der Waals surface area contributed by atoms with Crippen molar-refractivity contribution in [1.82, 2.24) is 4.31 Å². The normalized spacial score (nSPS) is 18.0. The summed E-state index contributed by atoms with van der Waals surface area (Å²) < 4.78 is 32.6. The molecular weight excluding hydrogens is 376 g/mol. The molecule has 4 rings (SSSR count). The van der Waals surface area contributed by atoms with Gasteiger partial charge in [-0.05, 0) is 55.7 Å². The molecule has 0 N–H and O–H groups in total. The molecule has 0 bridgehead atoms. The number of ether oxygens (including phenoxy) is 1. The smallest absolute Gasteiger partial charge is 0.258 e. The van der Waals surface area contributed by atoms with Crippen LogP contribution in [-0.4, -0.2) is 51.5 Å². The third-order valence-corrected chi connectivity index (χ3v) is 7.22. The number of fused-ring (bicyclic) bond motifs is 1. The van der Waals surface area contributed by atoms with Crippen LogP contribution in [0.3, 0.4) is 0 Å². The summed E-state index contributed by atoms with van der Waals surface area (Å²) in [5, 5.41) is 0. The third-order valence-electron chi connectivity index (χ3n) is 5.32. The molecule has 2 aromatic rings. The zero-order chi connectivity index (χ0) is 19.7. The molecule has 0 radical (unpaired) electrons. The number of carbonyl (C=O) groups excluding carboxylic acids is 1. The number of nitrogens with zero attached hydrogens (tertiary/aromatic N) is 2. The van der Waals surface area contributed by atoms with Gasteiger partial charge in [0.25, 0.3) is 5.91 Å². The van der Waals surface area contributed by atoms with Gasteiger partial charge >= 0.3 is 0 Å². The Morgan fingerprint density at radius 2 is 1.71 bits per heavy atom. The molecule has 0 atom stereocenters. The van der Waals surface area contributed by atoms with Crippen molar-refractivity contribution in [2.24, 2.45) is 0 Å². The van der Waals surface area contributed by atoms with Gasteiger partial charge in [-0.15, -0.1) is 0 Å². The highest BCUT2D eigenvalue weighted by Gasteiger charge is 2.29. The molecule has 2 aliphatic heterocycles. The third kappa shape index (κ3) is 3.57. The number of rotatable bonds is 3. The molecule has 1 fully saturated rings. The lowest BCUT2D eigenvalue weighted by Crippen LogP contribution is -2.40. The summed E-state index contributed by atoms with van der Waals surface area (Å²) in [6, 6.07) is 12.6. The van der Waals surface area contributed by atoms with Crippen molar-refractivity contribution in [2.45, 2.75) is 24.7 Å². The highest BCUT2D eigenvalue weighted by molar-refractivity contribution is 7.89. The topological polar surface area (TPSA) is 66.9 Å². The standard InChI is InChI=1S/C21H24N2O4S/c1-16-4-6-17(7-5-16)21(24)23-10-2-3-18-15-19(8-9-20(18)23)28(25,26)22-11-13-27-14-12-22/h4-9,15H,2-3,10-14H2,1H3. The molecule has 7 heteroatoms. The van der Waals surface area contributed by atoms with Gasteiger partial charge in [-0.1, -0.05) is 17.7 Å². The van der Waals surface area contributed by atoms with Crippen LogP contribution in [0.5, 0.6) is 0 Å². The van der Waals surface area contributed by atoms with Crippen molar-refractivity contribution < 1.29 is 17.9 Å². The molecule has 2 heterocycles. The second-order valence-corrected chi connectivity index (χ2v) is 9.17. The highest BCUT2D eigenvalue weighted by Crippen LogP contribution is 2.31. The average Bonchev–Trinajstić information content (AvgIpc) is 2.73. The Kier molecular flexibility index (Phi) is 5.23. The van der Waals surface area contributed by atoms with E-state index in [1.54, 1.807) is 23.1 Å². The van der Waals surface area contributed by atoms with Gasteiger partial charge in [0.1, 0.15) is 0 Å². The zero-order valence-electron chi connectivity index (χ0n) is 15.9. The number of sulfonamides is 1. The van der Waals surface area contributed by atoms with Gasteiger partial charge in [0.2, 0.25) is 10.0 Å². The van der Waals surface area contributed by atoms with Gasteiger partial charge in [0, 0.05) is 30.9 Å². The summed E-state index contributed by atoms with van der Waals surface area (Å²) in [4.78, 5) is 15.0. The molecule has 6 nitrogen and oxygen atoms in total. The Bertz CT molecular complexity index is 980. The van der Waals surface area contributed by atoms with Crippen LogP contribution >= 0.6 is 0 Å². The van der Waals surface area contributed by atoms with Crippen LogP contribution in [0.4, 0.5) is 5.69 Å². The van der Waals surface area contributed by atoms with Crippen molar-refractivity contribution in [3.63, 3.8) is 0 Å². The predicted molar refractivity (Wildman–Crippen MR) is 107 cm³/mol. The van der Waals surface area contributed by atoms with Gasteiger partial charge in [0.15, 0.2) is 0 Å². The number of anilines is 1. The summed E-state index contributed by atoms with van der Waals surface area (Å²) in [5.74, 6) is -0.0512. The Morgan fingerprint density at radius 1 is 1.00 bits per heavy atom. The van der Waals surface area contributed by atoms with Gasteiger partial charge in [-0.3, -0.25) is 4.79 Å². The lowest BCUT2D eigenvalue weighted by molar-refractivity contribution is 0.0730. The van der Waals surface area contributed by atoms with Crippen LogP contribution < -0.4 is 4.90 Å². The first-order chi connectivity index (χ1) is 13.5. The van der Waals surface area contributed by atoms with E-state index in [4.69, 9.17) is 4.74 Å². The summed E-state index contributed by atoms with van der Waals surface area (Å²) >= 11 is 0. The van der Waals surface area contributed by atoms with Crippen molar-refractivity contribution >= 4 is 21.6 Å². The number of benzene rings is 2. The van der Waals surface area contributed by atoms with E-state index < -0.39 is 10.0 Å². The van der Waals surface area contributed by atoms with E-state index in [1.165, 1.54) is 4.31 Å². The van der Waals surface area contributed by atoms with Gasteiger partial charge in [-0.2, -0.15) is 4.31 Å². The quantitative estimate of drug-likeness (QED) is 0.794. The fourth-order valence-corrected chi connectivity index (χ4v) is 5.19. The minimum absolute atomic E-state index is 0.0512. The fourth-order valence-electron chi connectivity index (χ4n) is 3.73. The second kappa shape index (κ2) is 7.66. The minimum Gasteiger partial charge on any atom is -0.379 e. The Balaban J connectivity index is 1.64. The van der Waals surface area contributed by atoms with E-state index in [0.717, 1.165) is 29.7 Å². The average molecular weight is 401 g/mol. The van der Waals surface area contributed by atoms with Crippen LogP contribution in [0.15, 0.2) is 47.4 Å². The first-order valence-corrected chi connectivity index (χ1v) is 11.0. The summed E-state index contributed by atoms with van der Waals surface area (Å²) in [6.07, 6.45) is 1.57. The van der Waals surface area contributed by atoms with E-state index in [0.29, 0.717) is 38.4 Å². The molecular formula is C21H24N2O4S. The molecule has 0 aliphatic carbocycles. The number of amides is 1. The molecule has 1 amide bonds. The number of carbonyl (C=O) groups is 1. The van der Waals surface area contributed by atoms with Crippen LogP contribution in [0.1, 0.15) is 27.9 Å². The monoisotopic (exact) mass is 400 g/mol. The van der Waals surface area contributed by atoms with Crippen LogP contribution in [-0.2, 0) is 21.2 Å². The number of hydrogen-bond donors (Lipinski definition) is 0. The van der Waals surface area contributed by atoms with Crippen molar-refractivity contribution in [1.29, 1.82) is 0 Å². The molecule has 0 spiro atoms. The predicted octanol–water partition coefficient (Wildman–Crippen LogP) is 2.61.